The van der Waals surface area contributed by atoms with Crippen molar-refractivity contribution in [1.29, 1.82) is 0 Å². The van der Waals surface area contributed by atoms with E-state index in [1.54, 1.807) is 17.0 Å². The molecule has 0 aromatic heterocycles. The van der Waals surface area contributed by atoms with Gasteiger partial charge in [0.1, 0.15) is 0 Å². The lowest BCUT2D eigenvalue weighted by atomic mass is 9.96. The number of carbonyl (C=O) groups is 3. The standard InChI is InChI=1S/C20H26BrN3O3/c1-2-3-4-10-22-19(26)14-8-11-23(12-9-14)13-24-16-7-5-6-15(21)17(16)18(25)20(24)27/h5-7,14H,2-4,8-13H2,1H3,(H,22,26). The van der Waals surface area contributed by atoms with E-state index in [2.05, 4.69) is 33.1 Å². The Kier molecular flexibility index (Phi) is 6.65. The van der Waals surface area contributed by atoms with Crippen LogP contribution in [0.1, 0.15) is 49.4 Å². The topological polar surface area (TPSA) is 69.7 Å². The van der Waals surface area contributed by atoms with Crippen LogP contribution in [-0.2, 0) is 9.59 Å². The molecule has 0 aliphatic carbocycles. The minimum absolute atomic E-state index is 0.0419. The van der Waals surface area contributed by atoms with Gasteiger partial charge < -0.3 is 5.32 Å². The average Bonchev–Trinajstić information content (AvgIpc) is 2.91. The maximum absolute atomic E-state index is 12.4. The first-order valence-corrected chi connectivity index (χ1v) is 10.5. The van der Waals surface area contributed by atoms with E-state index in [1.807, 2.05) is 6.07 Å². The number of ketones is 1. The number of Topliss-reactive ketones (excluding diaryl/α,β-unsaturated/α-hetero) is 1. The Balaban J connectivity index is 1.53. The summed E-state index contributed by atoms with van der Waals surface area (Å²) in [6.45, 7) is 4.78. The van der Waals surface area contributed by atoms with Crippen molar-refractivity contribution in [2.24, 2.45) is 5.92 Å². The first-order valence-electron chi connectivity index (χ1n) is 9.67. The van der Waals surface area contributed by atoms with Crippen LogP contribution in [0.4, 0.5) is 5.69 Å². The number of rotatable bonds is 7. The number of nitrogens with one attached hydrogen (secondary N) is 1. The lowest BCUT2D eigenvalue weighted by molar-refractivity contribution is -0.126. The van der Waals surface area contributed by atoms with Crippen LogP contribution in [0.3, 0.4) is 0 Å². The molecule has 0 atom stereocenters. The molecule has 1 aromatic carbocycles. The van der Waals surface area contributed by atoms with Crippen molar-refractivity contribution in [2.75, 3.05) is 31.2 Å². The highest BCUT2D eigenvalue weighted by Crippen LogP contribution is 2.34. The van der Waals surface area contributed by atoms with Crippen molar-refractivity contribution < 1.29 is 14.4 Å². The molecular formula is C20H26BrN3O3. The van der Waals surface area contributed by atoms with Crippen molar-refractivity contribution in [2.45, 2.75) is 39.0 Å². The lowest BCUT2D eigenvalue weighted by Crippen LogP contribution is -2.46. The summed E-state index contributed by atoms with van der Waals surface area (Å²) in [7, 11) is 0. The summed E-state index contributed by atoms with van der Waals surface area (Å²) in [6.07, 6.45) is 4.87. The van der Waals surface area contributed by atoms with E-state index in [4.69, 9.17) is 0 Å². The summed E-state index contributed by atoms with van der Waals surface area (Å²) >= 11 is 3.36. The molecule has 1 fully saturated rings. The zero-order valence-electron chi connectivity index (χ0n) is 15.7. The SMILES string of the molecule is CCCCCNC(=O)C1CCN(CN2C(=O)C(=O)c3c(Br)cccc32)CC1. The third-order valence-electron chi connectivity index (χ3n) is 5.33. The molecule has 0 saturated carbocycles. The van der Waals surface area contributed by atoms with E-state index in [0.717, 1.165) is 51.7 Å². The smallest absolute Gasteiger partial charge is 0.300 e. The van der Waals surface area contributed by atoms with E-state index in [1.165, 1.54) is 0 Å². The minimum Gasteiger partial charge on any atom is -0.356 e. The monoisotopic (exact) mass is 435 g/mol. The van der Waals surface area contributed by atoms with Crippen LogP contribution >= 0.6 is 15.9 Å². The number of benzene rings is 1. The van der Waals surface area contributed by atoms with E-state index < -0.39 is 11.7 Å². The molecule has 0 radical (unpaired) electrons. The van der Waals surface area contributed by atoms with Crippen LogP contribution in [0.25, 0.3) is 0 Å². The normalized spacial score (nSPS) is 18.1. The highest BCUT2D eigenvalue weighted by Gasteiger charge is 2.38. The molecule has 1 N–H and O–H groups in total. The average molecular weight is 436 g/mol. The molecule has 0 bridgehead atoms. The molecule has 2 heterocycles. The maximum atomic E-state index is 12.4. The molecule has 1 aromatic rings. The Morgan fingerprint density at radius 2 is 1.96 bits per heavy atom. The summed E-state index contributed by atoms with van der Waals surface area (Å²) in [5.74, 6) is -0.751. The molecular weight excluding hydrogens is 410 g/mol. The summed E-state index contributed by atoms with van der Waals surface area (Å²) in [6, 6.07) is 5.41. The van der Waals surface area contributed by atoms with Gasteiger partial charge in [-0.2, -0.15) is 0 Å². The zero-order chi connectivity index (χ0) is 19.4. The number of piperidine rings is 1. The van der Waals surface area contributed by atoms with E-state index in [9.17, 15) is 14.4 Å². The first kappa shape index (κ1) is 20.0. The van der Waals surface area contributed by atoms with E-state index in [-0.39, 0.29) is 11.8 Å². The van der Waals surface area contributed by atoms with Gasteiger partial charge in [0.05, 0.1) is 17.9 Å². The number of hydrogen-bond acceptors (Lipinski definition) is 4. The molecule has 1 saturated heterocycles. The second kappa shape index (κ2) is 8.97. The number of nitrogens with zero attached hydrogens (tertiary/aromatic N) is 2. The molecule has 2 aliphatic heterocycles. The van der Waals surface area contributed by atoms with Gasteiger partial charge in [0.2, 0.25) is 5.91 Å². The van der Waals surface area contributed by atoms with Crippen molar-refractivity contribution in [3.63, 3.8) is 0 Å². The number of carbonyl (C=O) groups excluding carboxylic acids is 3. The van der Waals surface area contributed by atoms with Gasteiger partial charge in [-0.3, -0.25) is 24.2 Å². The Morgan fingerprint density at radius 3 is 2.67 bits per heavy atom. The first-order chi connectivity index (χ1) is 13.0. The summed E-state index contributed by atoms with van der Waals surface area (Å²) in [5, 5.41) is 3.04. The van der Waals surface area contributed by atoms with Crippen LogP contribution in [0.15, 0.2) is 22.7 Å². The Morgan fingerprint density at radius 1 is 1.22 bits per heavy atom. The summed E-state index contributed by atoms with van der Waals surface area (Å²) < 4.78 is 0.652. The summed E-state index contributed by atoms with van der Waals surface area (Å²) in [5.41, 5.74) is 1.11. The fraction of sp³-hybridized carbons (Fsp3) is 0.550. The van der Waals surface area contributed by atoms with Gasteiger partial charge in [0, 0.05) is 30.0 Å². The number of amides is 2. The van der Waals surface area contributed by atoms with Crippen molar-refractivity contribution in [3.05, 3.63) is 28.2 Å². The summed E-state index contributed by atoms with van der Waals surface area (Å²) in [4.78, 5) is 40.6. The second-order valence-corrected chi connectivity index (χ2v) is 8.08. The van der Waals surface area contributed by atoms with Crippen LogP contribution in [0.5, 0.6) is 0 Å². The third kappa shape index (κ3) is 4.41. The third-order valence-corrected chi connectivity index (χ3v) is 5.99. The molecule has 0 spiro atoms. The van der Waals surface area contributed by atoms with E-state index in [0.29, 0.717) is 22.4 Å². The number of hydrogen-bond donors (Lipinski definition) is 1. The molecule has 27 heavy (non-hydrogen) atoms. The van der Waals surface area contributed by atoms with Crippen LogP contribution in [0, 0.1) is 5.92 Å². The van der Waals surface area contributed by atoms with Gasteiger partial charge in [-0.1, -0.05) is 25.8 Å². The molecule has 3 rings (SSSR count). The second-order valence-electron chi connectivity index (χ2n) is 7.23. The molecule has 146 valence electrons. The predicted molar refractivity (Wildman–Crippen MR) is 108 cm³/mol. The molecule has 6 nitrogen and oxygen atoms in total. The number of unbranched alkanes of at least 4 members (excludes halogenated alkanes) is 2. The van der Waals surface area contributed by atoms with Crippen LogP contribution < -0.4 is 10.2 Å². The largest absolute Gasteiger partial charge is 0.356 e. The van der Waals surface area contributed by atoms with Gasteiger partial charge in [0.25, 0.3) is 5.78 Å². The van der Waals surface area contributed by atoms with Crippen molar-refractivity contribution in [1.82, 2.24) is 10.2 Å². The predicted octanol–water partition coefficient (Wildman–Crippen LogP) is 2.95. The number of anilines is 1. The van der Waals surface area contributed by atoms with Gasteiger partial charge in [-0.15, -0.1) is 0 Å². The van der Waals surface area contributed by atoms with Gasteiger partial charge >= 0.3 is 5.91 Å². The molecule has 7 heteroatoms. The molecule has 0 unspecified atom stereocenters. The van der Waals surface area contributed by atoms with Gasteiger partial charge in [0.15, 0.2) is 0 Å². The number of fused-ring (bicyclic) bond motifs is 1. The lowest BCUT2D eigenvalue weighted by Gasteiger charge is -2.33. The number of halogens is 1. The Labute approximate surface area is 168 Å². The highest BCUT2D eigenvalue weighted by molar-refractivity contribution is 9.10. The zero-order valence-corrected chi connectivity index (χ0v) is 17.3. The minimum atomic E-state index is -0.479. The quantitative estimate of drug-likeness (QED) is 0.527. The fourth-order valence-electron chi connectivity index (χ4n) is 3.71. The fourth-order valence-corrected chi connectivity index (χ4v) is 4.25. The Bertz CT molecular complexity index is 729. The van der Waals surface area contributed by atoms with Crippen molar-refractivity contribution in [3.8, 4) is 0 Å². The van der Waals surface area contributed by atoms with Crippen molar-refractivity contribution >= 4 is 39.2 Å². The Hall–Kier alpha value is -1.73. The van der Waals surface area contributed by atoms with Gasteiger partial charge in [-0.05, 0) is 47.3 Å². The number of likely N-dealkylation sites (tertiary alicyclic amines) is 1. The van der Waals surface area contributed by atoms with Crippen LogP contribution in [-0.4, -0.2) is 48.8 Å². The highest BCUT2D eigenvalue weighted by atomic mass is 79.9. The molecule has 2 amide bonds. The van der Waals surface area contributed by atoms with E-state index >= 15 is 0 Å². The van der Waals surface area contributed by atoms with Gasteiger partial charge in [-0.25, -0.2) is 0 Å². The van der Waals surface area contributed by atoms with Crippen LogP contribution in [0.2, 0.25) is 0 Å². The maximum Gasteiger partial charge on any atom is 0.300 e. The molecule has 2 aliphatic rings.